The van der Waals surface area contributed by atoms with Gasteiger partial charge < -0.3 is 10.4 Å². The summed E-state index contributed by atoms with van der Waals surface area (Å²) in [6.07, 6.45) is 5.42. The number of nitrogens with one attached hydrogen (secondary N) is 2. The minimum atomic E-state index is -0.172. The lowest BCUT2D eigenvalue weighted by Gasteiger charge is -2.18. The molecule has 0 saturated heterocycles. The minimum Gasteiger partial charge on any atom is -0.394 e. The van der Waals surface area contributed by atoms with E-state index in [1.54, 1.807) is 6.20 Å². The van der Waals surface area contributed by atoms with E-state index in [9.17, 15) is 5.11 Å². The van der Waals surface area contributed by atoms with Crippen LogP contribution in [0.15, 0.2) is 73.2 Å². The van der Waals surface area contributed by atoms with Gasteiger partial charge in [-0.1, -0.05) is 36.4 Å². The van der Waals surface area contributed by atoms with Crippen LogP contribution in [0.25, 0.3) is 22.0 Å². The second-order valence-corrected chi connectivity index (χ2v) is 5.92. The van der Waals surface area contributed by atoms with Crippen molar-refractivity contribution in [2.75, 3.05) is 11.9 Å². The molecule has 0 aliphatic heterocycles. The van der Waals surface area contributed by atoms with Crippen LogP contribution in [0.1, 0.15) is 11.6 Å². The third kappa shape index (κ3) is 3.22. The van der Waals surface area contributed by atoms with Crippen molar-refractivity contribution in [3.8, 4) is 11.1 Å². The molecule has 0 amide bonds. The molecule has 5 nitrogen and oxygen atoms in total. The van der Waals surface area contributed by atoms with E-state index in [2.05, 4.69) is 26.6 Å². The molecule has 0 aliphatic carbocycles. The zero-order chi connectivity index (χ0) is 17.1. The number of aromatic amines is 1. The number of rotatable bonds is 5. The van der Waals surface area contributed by atoms with E-state index in [0.29, 0.717) is 0 Å². The van der Waals surface area contributed by atoms with Gasteiger partial charge in [0, 0.05) is 23.3 Å². The Kier molecular flexibility index (Phi) is 4.14. The first-order valence-electron chi connectivity index (χ1n) is 8.14. The Labute approximate surface area is 145 Å². The summed E-state index contributed by atoms with van der Waals surface area (Å²) in [5.41, 5.74) is 5.00. The standard InChI is InChI=1S/C20H18N4O/c25-13-20(14-4-2-1-3-5-14)23-18-9-16(10-21-12-18)15-6-7-19-17(8-15)11-22-24-19/h1-12,20,23,25H,13H2,(H,22,24)/t20-/m0/s1. The Morgan fingerprint density at radius 1 is 0.960 bits per heavy atom. The average Bonchev–Trinajstić information content (AvgIpc) is 3.15. The van der Waals surface area contributed by atoms with Crippen molar-refractivity contribution in [3.05, 3.63) is 78.8 Å². The lowest BCUT2D eigenvalue weighted by Crippen LogP contribution is -2.14. The molecule has 1 atom stereocenters. The maximum absolute atomic E-state index is 9.73. The normalized spacial score (nSPS) is 12.2. The zero-order valence-electron chi connectivity index (χ0n) is 13.6. The highest BCUT2D eigenvalue weighted by Gasteiger charge is 2.10. The third-order valence-corrected chi connectivity index (χ3v) is 4.24. The lowest BCUT2D eigenvalue weighted by molar-refractivity contribution is 0.276. The van der Waals surface area contributed by atoms with Crippen LogP contribution < -0.4 is 5.32 Å². The molecular formula is C20H18N4O. The Morgan fingerprint density at radius 2 is 1.84 bits per heavy atom. The quantitative estimate of drug-likeness (QED) is 0.521. The van der Waals surface area contributed by atoms with Crippen LogP contribution in [0.4, 0.5) is 5.69 Å². The van der Waals surface area contributed by atoms with Crippen LogP contribution in [0.5, 0.6) is 0 Å². The monoisotopic (exact) mass is 330 g/mol. The molecule has 0 unspecified atom stereocenters. The van der Waals surface area contributed by atoms with E-state index in [-0.39, 0.29) is 12.6 Å². The zero-order valence-corrected chi connectivity index (χ0v) is 13.6. The highest BCUT2D eigenvalue weighted by molar-refractivity contribution is 5.84. The van der Waals surface area contributed by atoms with Gasteiger partial charge in [0.05, 0.1) is 30.0 Å². The second kappa shape index (κ2) is 6.75. The maximum Gasteiger partial charge on any atom is 0.0745 e. The van der Waals surface area contributed by atoms with Crippen molar-refractivity contribution in [1.82, 2.24) is 15.2 Å². The van der Waals surface area contributed by atoms with Crippen molar-refractivity contribution in [2.24, 2.45) is 0 Å². The van der Waals surface area contributed by atoms with Crippen LogP contribution in [0.3, 0.4) is 0 Å². The molecule has 2 aromatic heterocycles. The molecule has 0 radical (unpaired) electrons. The van der Waals surface area contributed by atoms with Crippen molar-refractivity contribution >= 4 is 16.6 Å². The van der Waals surface area contributed by atoms with Crippen molar-refractivity contribution in [2.45, 2.75) is 6.04 Å². The second-order valence-electron chi connectivity index (χ2n) is 5.92. The summed E-state index contributed by atoms with van der Waals surface area (Å²) >= 11 is 0. The molecule has 124 valence electrons. The van der Waals surface area contributed by atoms with Crippen LogP contribution in [-0.4, -0.2) is 26.9 Å². The van der Waals surface area contributed by atoms with Gasteiger partial charge in [-0.2, -0.15) is 5.10 Å². The van der Waals surface area contributed by atoms with Gasteiger partial charge in [-0.3, -0.25) is 10.1 Å². The molecule has 5 heteroatoms. The first kappa shape index (κ1) is 15.4. The van der Waals surface area contributed by atoms with Crippen LogP contribution >= 0.6 is 0 Å². The smallest absolute Gasteiger partial charge is 0.0745 e. The number of aromatic nitrogens is 3. The fourth-order valence-electron chi connectivity index (χ4n) is 2.92. The number of aliphatic hydroxyl groups excluding tert-OH is 1. The highest BCUT2D eigenvalue weighted by Crippen LogP contribution is 2.26. The van der Waals surface area contributed by atoms with Gasteiger partial charge in [0.25, 0.3) is 0 Å². The summed E-state index contributed by atoms with van der Waals surface area (Å²) in [4.78, 5) is 4.34. The van der Waals surface area contributed by atoms with Gasteiger partial charge in [-0.25, -0.2) is 0 Å². The molecule has 4 rings (SSSR count). The SMILES string of the molecule is OC[C@H](Nc1cncc(-c2ccc3[nH]ncc3c2)c1)c1ccccc1. The van der Waals surface area contributed by atoms with E-state index in [1.807, 2.05) is 60.9 Å². The lowest BCUT2D eigenvalue weighted by atomic mass is 10.0. The number of H-pyrrole nitrogens is 1. The molecule has 3 N–H and O–H groups in total. The fourth-order valence-corrected chi connectivity index (χ4v) is 2.92. The first-order valence-corrected chi connectivity index (χ1v) is 8.14. The van der Waals surface area contributed by atoms with Gasteiger partial charge in [0.2, 0.25) is 0 Å². The summed E-state index contributed by atoms with van der Waals surface area (Å²) in [5, 5.41) is 21.2. The molecular weight excluding hydrogens is 312 g/mol. The molecule has 2 aromatic carbocycles. The molecule has 4 aromatic rings. The van der Waals surface area contributed by atoms with E-state index in [4.69, 9.17) is 0 Å². The molecule has 0 fully saturated rings. The number of hydrogen-bond donors (Lipinski definition) is 3. The maximum atomic E-state index is 9.73. The number of benzene rings is 2. The predicted molar refractivity (Wildman–Crippen MR) is 99.2 cm³/mol. The summed E-state index contributed by atoms with van der Waals surface area (Å²) in [6.45, 7) is 0.00915. The predicted octanol–water partition coefficient (Wildman–Crippen LogP) is 3.77. The largest absolute Gasteiger partial charge is 0.394 e. The summed E-state index contributed by atoms with van der Waals surface area (Å²) < 4.78 is 0. The first-order chi connectivity index (χ1) is 12.3. The van der Waals surface area contributed by atoms with Crippen LogP contribution in [0, 0.1) is 0 Å². The van der Waals surface area contributed by atoms with E-state index < -0.39 is 0 Å². The minimum absolute atomic E-state index is 0.00915. The number of hydrogen-bond acceptors (Lipinski definition) is 4. The number of aliphatic hydroxyl groups is 1. The van der Waals surface area contributed by atoms with Gasteiger partial charge in [0.15, 0.2) is 0 Å². The molecule has 0 bridgehead atoms. The number of fused-ring (bicyclic) bond motifs is 1. The number of anilines is 1. The molecule has 2 heterocycles. The van der Waals surface area contributed by atoms with Crippen molar-refractivity contribution in [1.29, 1.82) is 0 Å². The van der Waals surface area contributed by atoms with Gasteiger partial charge in [-0.05, 0) is 29.3 Å². The summed E-state index contributed by atoms with van der Waals surface area (Å²) in [7, 11) is 0. The van der Waals surface area contributed by atoms with E-state index in [1.165, 1.54) is 0 Å². The van der Waals surface area contributed by atoms with Crippen LogP contribution in [-0.2, 0) is 0 Å². The van der Waals surface area contributed by atoms with Gasteiger partial charge >= 0.3 is 0 Å². The Balaban J connectivity index is 1.62. The van der Waals surface area contributed by atoms with E-state index in [0.717, 1.165) is 33.3 Å². The number of pyridine rings is 1. The van der Waals surface area contributed by atoms with Gasteiger partial charge in [0.1, 0.15) is 0 Å². The third-order valence-electron chi connectivity index (χ3n) is 4.24. The Bertz CT molecular complexity index is 981. The fraction of sp³-hybridized carbons (Fsp3) is 0.100. The Morgan fingerprint density at radius 3 is 2.68 bits per heavy atom. The van der Waals surface area contributed by atoms with Crippen molar-refractivity contribution < 1.29 is 5.11 Å². The molecule has 0 spiro atoms. The average molecular weight is 330 g/mol. The highest BCUT2D eigenvalue weighted by atomic mass is 16.3. The van der Waals surface area contributed by atoms with E-state index >= 15 is 0 Å². The molecule has 0 aliphatic rings. The summed E-state index contributed by atoms with van der Waals surface area (Å²) in [6, 6.07) is 17.9. The topological polar surface area (TPSA) is 73.8 Å². The van der Waals surface area contributed by atoms with Crippen LogP contribution in [0.2, 0.25) is 0 Å². The number of nitrogens with zero attached hydrogens (tertiary/aromatic N) is 2. The summed E-state index contributed by atoms with van der Waals surface area (Å²) in [5.74, 6) is 0. The van der Waals surface area contributed by atoms with Gasteiger partial charge in [-0.15, -0.1) is 0 Å². The molecule has 0 saturated carbocycles. The Hall–Kier alpha value is -3.18. The van der Waals surface area contributed by atoms with Crippen molar-refractivity contribution in [3.63, 3.8) is 0 Å². The molecule has 25 heavy (non-hydrogen) atoms.